The van der Waals surface area contributed by atoms with Gasteiger partial charge in [-0.2, -0.15) is 0 Å². The van der Waals surface area contributed by atoms with E-state index in [0.29, 0.717) is 5.78 Å². The molecule has 0 aromatic carbocycles. The molecule has 2 nitrogen and oxygen atoms in total. The van der Waals surface area contributed by atoms with E-state index >= 15 is 0 Å². The first-order chi connectivity index (χ1) is 6.02. The maximum absolute atomic E-state index is 11.6. The molecule has 1 aliphatic rings. The summed E-state index contributed by atoms with van der Waals surface area (Å²) in [6, 6.07) is 0. The van der Waals surface area contributed by atoms with Crippen molar-refractivity contribution < 1.29 is 9.59 Å². The summed E-state index contributed by atoms with van der Waals surface area (Å²) in [6.07, 6.45) is 2.63. The summed E-state index contributed by atoms with van der Waals surface area (Å²) < 4.78 is 0. The molecule has 0 N–H and O–H groups in total. The summed E-state index contributed by atoms with van der Waals surface area (Å²) in [4.78, 5) is 22.7. The van der Waals surface area contributed by atoms with Crippen LogP contribution in [0.4, 0.5) is 0 Å². The fourth-order valence-corrected chi connectivity index (χ4v) is 2.08. The Balaban J connectivity index is 2.50. The van der Waals surface area contributed by atoms with Gasteiger partial charge < -0.3 is 0 Å². The SMILES string of the molecule is CC(=O)[C@H]1CC[C@@H](C(=O)C(C)C)C1. The fourth-order valence-electron chi connectivity index (χ4n) is 2.08. The van der Waals surface area contributed by atoms with E-state index in [2.05, 4.69) is 0 Å². The highest BCUT2D eigenvalue weighted by molar-refractivity contribution is 5.85. The molecule has 2 atom stereocenters. The molecule has 0 saturated heterocycles. The number of ketones is 2. The largest absolute Gasteiger partial charge is 0.300 e. The summed E-state index contributed by atoms with van der Waals surface area (Å²) in [6.45, 7) is 5.50. The Morgan fingerprint density at radius 1 is 1.15 bits per heavy atom. The van der Waals surface area contributed by atoms with Gasteiger partial charge >= 0.3 is 0 Å². The monoisotopic (exact) mass is 182 g/mol. The number of carbonyl (C=O) groups excluding carboxylic acids is 2. The van der Waals surface area contributed by atoms with Crippen molar-refractivity contribution in [3.05, 3.63) is 0 Å². The predicted octanol–water partition coefficient (Wildman–Crippen LogP) is 2.22. The van der Waals surface area contributed by atoms with Crippen LogP contribution in [-0.2, 0) is 9.59 Å². The van der Waals surface area contributed by atoms with Crippen molar-refractivity contribution in [2.24, 2.45) is 17.8 Å². The molecule has 0 amide bonds. The number of rotatable bonds is 3. The minimum atomic E-state index is 0.121. The summed E-state index contributed by atoms with van der Waals surface area (Å²) in [7, 11) is 0. The lowest BCUT2D eigenvalue weighted by molar-refractivity contribution is -0.125. The minimum Gasteiger partial charge on any atom is -0.300 e. The lowest BCUT2D eigenvalue weighted by Gasteiger charge is -2.10. The Labute approximate surface area is 79.7 Å². The van der Waals surface area contributed by atoms with E-state index < -0.39 is 0 Å². The summed E-state index contributed by atoms with van der Waals surface area (Å²) >= 11 is 0. The van der Waals surface area contributed by atoms with Gasteiger partial charge in [-0.25, -0.2) is 0 Å². The topological polar surface area (TPSA) is 34.1 Å². The smallest absolute Gasteiger partial charge is 0.138 e. The Morgan fingerprint density at radius 3 is 2.08 bits per heavy atom. The third-order valence-corrected chi connectivity index (χ3v) is 2.98. The van der Waals surface area contributed by atoms with Gasteiger partial charge in [-0.3, -0.25) is 9.59 Å². The van der Waals surface area contributed by atoms with Crippen molar-refractivity contribution >= 4 is 11.6 Å². The third kappa shape index (κ3) is 2.39. The van der Waals surface area contributed by atoms with Crippen LogP contribution in [-0.4, -0.2) is 11.6 Å². The molecule has 74 valence electrons. The van der Waals surface area contributed by atoms with Crippen LogP contribution < -0.4 is 0 Å². The van der Waals surface area contributed by atoms with Crippen LogP contribution in [0.3, 0.4) is 0 Å². The summed E-state index contributed by atoms with van der Waals surface area (Å²) in [5.41, 5.74) is 0. The third-order valence-electron chi connectivity index (χ3n) is 2.98. The lowest BCUT2D eigenvalue weighted by Crippen LogP contribution is -2.18. The molecule has 0 bridgehead atoms. The van der Waals surface area contributed by atoms with E-state index in [0.717, 1.165) is 19.3 Å². The maximum Gasteiger partial charge on any atom is 0.138 e. The zero-order chi connectivity index (χ0) is 10.0. The summed E-state index contributed by atoms with van der Waals surface area (Å²) in [5, 5.41) is 0. The quantitative estimate of drug-likeness (QED) is 0.670. The van der Waals surface area contributed by atoms with Crippen molar-refractivity contribution in [3.63, 3.8) is 0 Å². The van der Waals surface area contributed by atoms with Crippen LogP contribution in [0.1, 0.15) is 40.0 Å². The second-order valence-corrected chi connectivity index (χ2v) is 4.37. The molecule has 13 heavy (non-hydrogen) atoms. The molecule has 0 unspecified atom stereocenters. The van der Waals surface area contributed by atoms with Crippen LogP contribution in [0.15, 0.2) is 0 Å². The van der Waals surface area contributed by atoms with Crippen LogP contribution >= 0.6 is 0 Å². The Bertz CT molecular complexity index is 218. The van der Waals surface area contributed by atoms with E-state index in [4.69, 9.17) is 0 Å². The molecule has 1 saturated carbocycles. The first kappa shape index (κ1) is 10.4. The van der Waals surface area contributed by atoms with Gasteiger partial charge in [-0.15, -0.1) is 0 Å². The van der Waals surface area contributed by atoms with Crippen LogP contribution in [0.25, 0.3) is 0 Å². The van der Waals surface area contributed by atoms with E-state index in [-0.39, 0.29) is 23.5 Å². The second kappa shape index (κ2) is 4.03. The van der Waals surface area contributed by atoms with Crippen LogP contribution in [0.2, 0.25) is 0 Å². The highest BCUT2D eigenvalue weighted by Crippen LogP contribution is 2.33. The molecule has 1 rings (SSSR count). The highest BCUT2D eigenvalue weighted by Gasteiger charge is 2.32. The van der Waals surface area contributed by atoms with Gasteiger partial charge in [0.2, 0.25) is 0 Å². The summed E-state index contributed by atoms with van der Waals surface area (Å²) in [5.74, 6) is 1.03. The predicted molar refractivity (Wildman–Crippen MR) is 51.4 cm³/mol. The van der Waals surface area contributed by atoms with Gasteiger partial charge in [-0.1, -0.05) is 13.8 Å². The van der Waals surface area contributed by atoms with Crippen LogP contribution in [0, 0.1) is 17.8 Å². The molecular formula is C11H18O2. The van der Waals surface area contributed by atoms with Crippen molar-refractivity contribution in [1.29, 1.82) is 0 Å². The zero-order valence-corrected chi connectivity index (χ0v) is 8.67. The van der Waals surface area contributed by atoms with E-state index in [1.807, 2.05) is 13.8 Å². The minimum absolute atomic E-state index is 0.121. The van der Waals surface area contributed by atoms with Crippen molar-refractivity contribution in [3.8, 4) is 0 Å². The van der Waals surface area contributed by atoms with E-state index in [1.165, 1.54) is 0 Å². The lowest BCUT2D eigenvalue weighted by atomic mass is 9.92. The van der Waals surface area contributed by atoms with E-state index in [1.54, 1.807) is 6.92 Å². The number of hydrogen-bond donors (Lipinski definition) is 0. The molecule has 1 fully saturated rings. The molecule has 0 spiro atoms. The van der Waals surface area contributed by atoms with Crippen molar-refractivity contribution in [1.82, 2.24) is 0 Å². The highest BCUT2D eigenvalue weighted by atomic mass is 16.1. The molecule has 0 aromatic rings. The Kier molecular flexibility index (Phi) is 3.23. The van der Waals surface area contributed by atoms with Crippen molar-refractivity contribution in [2.45, 2.75) is 40.0 Å². The van der Waals surface area contributed by atoms with Gasteiger partial charge in [0.1, 0.15) is 11.6 Å². The van der Waals surface area contributed by atoms with Gasteiger partial charge in [-0.05, 0) is 26.2 Å². The molecule has 0 heterocycles. The molecule has 1 aliphatic carbocycles. The van der Waals surface area contributed by atoms with Gasteiger partial charge in [0.05, 0.1) is 0 Å². The standard InChI is InChI=1S/C11H18O2/c1-7(2)11(13)10-5-4-9(6-10)8(3)12/h7,9-10H,4-6H2,1-3H3/t9-,10+/m0/s1. The van der Waals surface area contributed by atoms with Gasteiger partial charge in [0.25, 0.3) is 0 Å². The molecule has 0 radical (unpaired) electrons. The first-order valence-electron chi connectivity index (χ1n) is 5.06. The second-order valence-electron chi connectivity index (χ2n) is 4.37. The normalized spacial score (nSPS) is 28.0. The number of hydrogen-bond acceptors (Lipinski definition) is 2. The van der Waals surface area contributed by atoms with Gasteiger partial charge in [0, 0.05) is 17.8 Å². The average Bonchev–Trinajstić information content (AvgIpc) is 2.50. The maximum atomic E-state index is 11.6. The molecule has 0 aromatic heterocycles. The Morgan fingerprint density at radius 2 is 1.69 bits per heavy atom. The molecular weight excluding hydrogens is 164 g/mol. The van der Waals surface area contributed by atoms with E-state index in [9.17, 15) is 9.59 Å². The number of carbonyl (C=O) groups is 2. The zero-order valence-electron chi connectivity index (χ0n) is 8.67. The Hall–Kier alpha value is -0.660. The van der Waals surface area contributed by atoms with Gasteiger partial charge in [0.15, 0.2) is 0 Å². The number of Topliss-reactive ketones (excluding diaryl/α,β-unsaturated/α-hetero) is 2. The molecule has 0 aliphatic heterocycles. The fraction of sp³-hybridized carbons (Fsp3) is 0.818. The first-order valence-corrected chi connectivity index (χ1v) is 5.06. The van der Waals surface area contributed by atoms with Crippen molar-refractivity contribution in [2.75, 3.05) is 0 Å². The average molecular weight is 182 g/mol. The molecule has 2 heteroatoms. The van der Waals surface area contributed by atoms with Crippen LogP contribution in [0.5, 0.6) is 0 Å².